The number of piperidine rings is 1. The molecule has 4 nitrogen and oxygen atoms in total. The summed E-state index contributed by atoms with van der Waals surface area (Å²) >= 11 is 0. The van der Waals surface area contributed by atoms with Crippen LogP contribution in [0.15, 0.2) is 24.5 Å². The third kappa shape index (κ3) is 2.33. The van der Waals surface area contributed by atoms with Gasteiger partial charge in [-0.3, -0.25) is 9.78 Å². The van der Waals surface area contributed by atoms with E-state index in [1.54, 1.807) is 6.20 Å². The number of nitrogens with zero attached hydrogens (tertiary/aromatic N) is 2. The van der Waals surface area contributed by atoms with E-state index in [2.05, 4.69) is 4.98 Å². The average Bonchev–Trinajstić information content (AvgIpc) is 2.99. The van der Waals surface area contributed by atoms with Crippen LogP contribution in [-0.4, -0.2) is 40.1 Å². The molecule has 20 heavy (non-hydrogen) atoms. The van der Waals surface area contributed by atoms with Gasteiger partial charge in [-0.15, -0.1) is 0 Å². The van der Waals surface area contributed by atoms with E-state index >= 15 is 0 Å². The van der Waals surface area contributed by atoms with Crippen molar-refractivity contribution >= 4 is 5.91 Å². The van der Waals surface area contributed by atoms with Crippen molar-refractivity contribution in [3.8, 4) is 0 Å². The van der Waals surface area contributed by atoms with Crippen LogP contribution >= 0.6 is 0 Å². The molecule has 3 rings (SSSR count). The summed E-state index contributed by atoms with van der Waals surface area (Å²) in [5.74, 6) is 0.245. The number of carbonyl (C=O) groups is 1. The molecule has 1 aliphatic heterocycles. The Labute approximate surface area is 119 Å². The first-order valence-electron chi connectivity index (χ1n) is 7.60. The van der Waals surface area contributed by atoms with E-state index in [9.17, 15) is 9.90 Å². The average molecular weight is 274 g/mol. The number of pyridine rings is 1. The van der Waals surface area contributed by atoms with Gasteiger partial charge in [0.05, 0.1) is 11.5 Å². The smallest absolute Gasteiger partial charge is 0.233 e. The number of likely N-dealkylation sites (tertiary alicyclic amines) is 1. The van der Waals surface area contributed by atoms with Crippen molar-refractivity contribution < 1.29 is 9.90 Å². The van der Waals surface area contributed by atoms with Gasteiger partial charge >= 0.3 is 0 Å². The lowest BCUT2D eigenvalue weighted by molar-refractivity contribution is -0.139. The van der Waals surface area contributed by atoms with Gasteiger partial charge in [0.15, 0.2) is 0 Å². The maximum Gasteiger partial charge on any atom is 0.233 e. The molecule has 1 aromatic rings. The Kier molecular flexibility index (Phi) is 3.74. The Morgan fingerprint density at radius 3 is 2.60 bits per heavy atom. The highest BCUT2D eigenvalue weighted by atomic mass is 16.3. The summed E-state index contributed by atoms with van der Waals surface area (Å²) in [5, 5.41) is 9.61. The van der Waals surface area contributed by atoms with Crippen molar-refractivity contribution in [3.63, 3.8) is 0 Å². The third-order valence-corrected chi connectivity index (χ3v) is 4.83. The summed E-state index contributed by atoms with van der Waals surface area (Å²) in [5.41, 5.74) is 0.699. The highest BCUT2D eigenvalue weighted by Gasteiger charge is 2.45. The molecule has 0 bridgehead atoms. The first kappa shape index (κ1) is 13.6. The first-order chi connectivity index (χ1) is 9.72. The number of carbonyl (C=O) groups excluding carboxylic acids is 1. The number of aliphatic hydroxyl groups excluding tert-OH is 1. The molecule has 1 N–H and O–H groups in total. The molecular formula is C16H22N2O2. The Morgan fingerprint density at radius 2 is 2.00 bits per heavy atom. The molecule has 0 aromatic carbocycles. The molecule has 2 heterocycles. The molecule has 1 aromatic heterocycles. The molecule has 1 amide bonds. The van der Waals surface area contributed by atoms with E-state index in [1.165, 1.54) is 0 Å². The van der Waals surface area contributed by atoms with Crippen molar-refractivity contribution in [3.05, 3.63) is 30.1 Å². The largest absolute Gasteiger partial charge is 0.393 e. The van der Waals surface area contributed by atoms with Crippen LogP contribution in [0.5, 0.6) is 0 Å². The minimum Gasteiger partial charge on any atom is -0.393 e. The number of rotatable bonds is 2. The number of aromatic nitrogens is 1. The summed E-state index contributed by atoms with van der Waals surface area (Å²) in [6.45, 7) is 1.37. The topological polar surface area (TPSA) is 53.4 Å². The van der Waals surface area contributed by atoms with Crippen molar-refractivity contribution in [1.29, 1.82) is 0 Å². The van der Waals surface area contributed by atoms with Crippen LogP contribution < -0.4 is 0 Å². The summed E-state index contributed by atoms with van der Waals surface area (Å²) in [6, 6.07) is 3.96. The highest BCUT2D eigenvalue weighted by molar-refractivity contribution is 5.88. The zero-order valence-corrected chi connectivity index (χ0v) is 11.8. The second-order valence-electron chi connectivity index (χ2n) is 6.05. The lowest BCUT2D eigenvalue weighted by Crippen LogP contribution is -2.49. The minimum absolute atomic E-state index is 0.239. The van der Waals surface area contributed by atoms with Crippen LogP contribution in [0.1, 0.15) is 44.1 Å². The van der Waals surface area contributed by atoms with Crippen molar-refractivity contribution in [2.45, 2.75) is 50.0 Å². The van der Waals surface area contributed by atoms with Crippen LogP contribution in [0.3, 0.4) is 0 Å². The van der Waals surface area contributed by atoms with E-state index in [-0.39, 0.29) is 17.4 Å². The summed E-state index contributed by atoms with van der Waals surface area (Å²) < 4.78 is 0. The number of hydrogen-bond acceptors (Lipinski definition) is 3. The fraction of sp³-hybridized carbons (Fsp3) is 0.625. The van der Waals surface area contributed by atoms with E-state index in [4.69, 9.17) is 0 Å². The molecule has 0 radical (unpaired) electrons. The van der Waals surface area contributed by atoms with Gasteiger partial charge in [-0.1, -0.05) is 18.9 Å². The molecule has 1 aliphatic carbocycles. The van der Waals surface area contributed by atoms with E-state index in [0.29, 0.717) is 25.9 Å². The van der Waals surface area contributed by atoms with Gasteiger partial charge in [0, 0.05) is 25.5 Å². The molecule has 1 saturated carbocycles. The first-order valence-corrected chi connectivity index (χ1v) is 7.60. The van der Waals surface area contributed by atoms with Crippen LogP contribution in [0.2, 0.25) is 0 Å². The number of amides is 1. The van der Waals surface area contributed by atoms with Crippen molar-refractivity contribution in [2.24, 2.45) is 0 Å². The second-order valence-corrected chi connectivity index (χ2v) is 6.05. The molecule has 1 saturated heterocycles. The number of hydrogen-bond donors (Lipinski definition) is 1. The maximum absolute atomic E-state index is 13.0. The maximum atomic E-state index is 13.0. The SMILES string of the molecule is O=C(N1CCC(O)CC1)C1(c2cccnc2)CCCC1. The second kappa shape index (κ2) is 5.52. The van der Waals surface area contributed by atoms with Crippen molar-refractivity contribution in [2.75, 3.05) is 13.1 Å². The quantitative estimate of drug-likeness (QED) is 0.896. The Bertz CT molecular complexity index is 461. The normalized spacial score (nSPS) is 22.9. The van der Waals surface area contributed by atoms with Crippen molar-refractivity contribution in [1.82, 2.24) is 9.88 Å². The van der Waals surface area contributed by atoms with Gasteiger partial charge in [0.1, 0.15) is 0 Å². The predicted octanol–water partition coefficient (Wildman–Crippen LogP) is 1.88. The van der Waals surface area contributed by atoms with E-state index in [0.717, 1.165) is 31.2 Å². The van der Waals surface area contributed by atoms with E-state index in [1.807, 2.05) is 23.2 Å². The molecule has 108 valence electrons. The van der Waals surface area contributed by atoms with Crippen LogP contribution in [-0.2, 0) is 10.2 Å². The van der Waals surface area contributed by atoms with Gasteiger partial charge in [0.25, 0.3) is 0 Å². The number of aliphatic hydroxyl groups is 1. The van der Waals surface area contributed by atoms with Crippen LogP contribution in [0, 0.1) is 0 Å². The van der Waals surface area contributed by atoms with Gasteiger partial charge in [-0.25, -0.2) is 0 Å². The zero-order chi connectivity index (χ0) is 14.0. The summed E-state index contributed by atoms with van der Waals surface area (Å²) in [6.07, 6.45) is 8.85. The predicted molar refractivity (Wildman–Crippen MR) is 76.2 cm³/mol. The molecular weight excluding hydrogens is 252 g/mol. The van der Waals surface area contributed by atoms with Crippen LogP contribution in [0.25, 0.3) is 0 Å². The molecule has 2 fully saturated rings. The molecule has 0 spiro atoms. The molecule has 0 unspecified atom stereocenters. The van der Waals surface area contributed by atoms with Gasteiger partial charge < -0.3 is 10.0 Å². The third-order valence-electron chi connectivity index (χ3n) is 4.83. The van der Waals surface area contributed by atoms with Crippen LogP contribution in [0.4, 0.5) is 0 Å². The Morgan fingerprint density at radius 1 is 1.30 bits per heavy atom. The monoisotopic (exact) mass is 274 g/mol. The fourth-order valence-corrected chi connectivity index (χ4v) is 3.62. The molecule has 2 aliphatic rings. The Hall–Kier alpha value is -1.42. The Balaban J connectivity index is 1.85. The van der Waals surface area contributed by atoms with Gasteiger partial charge in [-0.05, 0) is 37.3 Å². The highest BCUT2D eigenvalue weighted by Crippen LogP contribution is 2.42. The minimum atomic E-state index is -0.365. The van der Waals surface area contributed by atoms with Gasteiger partial charge in [-0.2, -0.15) is 0 Å². The van der Waals surface area contributed by atoms with E-state index < -0.39 is 0 Å². The lowest BCUT2D eigenvalue weighted by Gasteiger charge is -2.37. The fourth-order valence-electron chi connectivity index (χ4n) is 3.62. The summed E-state index contributed by atoms with van der Waals surface area (Å²) in [7, 11) is 0. The van der Waals surface area contributed by atoms with Gasteiger partial charge in [0.2, 0.25) is 5.91 Å². The molecule has 0 atom stereocenters. The zero-order valence-electron chi connectivity index (χ0n) is 11.8. The summed E-state index contributed by atoms with van der Waals surface area (Å²) in [4.78, 5) is 19.2. The standard InChI is InChI=1S/C16H22N2O2/c19-14-5-10-18(11-6-14)15(20)16(7-1-2-8-16)13-4-3-9-17-12-13/h3-4,9,12,14,19H,1-2,5-8,10-11H2. The lowest BCUT2D eigenvalue weighted by atomic mass is 9.78. The molecule has 4 heteroatoms.